The van der Waals surface area contributed by atoms with E-state index in [-0.39, 0.29) is 25.7 Å². The first-order valence-electron chi connectivity index (χ1n) is 34.7. The number of hydrogen-bond acceptors (Lipinski definition) is 15. The van der Waals surface area contributed by atoms with Crippen molar-refractivity contribution in [3.05, 3.63) is 0 Å². The van der Waals surface area contributed by atoms with E-state index in [1.165, 1.54) is 116 Å². The van der Waals surface area contributed by atoms with E-state index >= 15 is 0 Å². The minimum Gasteiger partial charge on any atom is -0.462 e. The third kappa shape index (κ3) is 59.7. The van der Waals surface area contributed by atoms with Gasteiger partial charge in [-0.05, 0) is 49.4 Å². The van der Waals surface area contributed by atoms with Crippen LogP contribution in [0.2, 0.25) is 0 Å². The number of rotatable bonds is 64. The Morgan fingerprint density at radius 3 is 0.826 bits per heavy atom. The average molecular weight is 1270 g/mol. The molecule has 6 atom stereocenters. The molecule has 0 aliphatic carbocycles. The van der Waals surface area contributed by atoms with Crippen molar-refractivity contribution in [3.63, 3.8) is 0 Å². The second kappa shape index (κ2) is 57.0. The van der Waals surface area contributed by atoms with Crippen LogP contribution in [0.1, 0.15) is 325 Å². The molecule has 0 aliphatic heterocycles. The van der Waals surface area contributed by atoms with E-state index in [0.29, 0.717) is 37.5 Å². The van der Waals surface area contributed by atoms with E-state index in [1.807, 2.05) is 0 Å². The zero-order valence-electron chi connectivity index (χ0n) is 55.9. The molecule has 0 amide bonds. The van der Waals surface area contributed by atoms with Gasteiger partial charge in [-0.3, -0.25) is 37.3 Å². The van der Waals surface area contributed by atoms with E-state index in [1.54, 1.807) is 0 Å². The third-order valence-electron chi connectivity index (χ3n) is 15.7. The summed E-state index contributed by atoms with van der Waals surface area (Å²) in [5.74, 6) is 0.761. The maximum absolute atomic E-state index is 13.0. The van der Waals surface area contributed by atoms with Gasteiger partial charge in [0, 0.05) is 25.7 Å². The fraction of sp³-hybridized carbons (Fsp3) is 0.940. The van der Waals surface area contributed by atoms with Crippen LogP contribution in [-0.4, -0.2) is 96.7 Å². The van der Waals surface area contributed by atoms with Gasteiger partial charge < -0.3 is 33.8 Å². The number of phosphoric acid groups is 2. The Balaban J connectivity index is 5.21. The highest BCUT2D eigenvalue weighted by Gasteiger charge is 2.30. The lowest BCUT2D eigenvalue weighted by Crippen LogP contribution is -2.30. The van der Waals surface area contributed by atoms with Crippen LogP contribution in [0.25, 0.3) is 0 Å². The lowest BCUT2D eigenvalue weighted by molar-refractivity contribution is -0.161. The van der Waals surface area contributed by atoms with Crippen LogP contribution in [0.3, 0.4) is 0 Å². The second-order valence-electron chi connectivity index (χ2n) is 25.9. The highest BCUT2D eigenvalue weighted by atomic mass is 31.2. The fourth-order valence-corrected chi connectivity index (χ4v) is 11.5. The van der Waals surface area contributed by atoms with Crippen molar-refractivity contribution in [2.75, 3.05) is 39.6 Å². The van der Waals surface area contributed by atoms with Crippen molar-refractivity contribution in [3.8, 4) is 0 Å². The third-order valence-corrected chi connectivity index (χ3v) is 17.6. The smallest absolute Gasteiger partial charge is 0.462 e. The van der Waals surface area contributed by atoms with Crippen LogP contribution in [0.15, 0.2) is 0 Å². The maximum atomic E-state index is 13.0. The monoisotopic (exact) mass is 1270 g/mol. The molecule has 0 fully saturated rings. The second-order valence-corrected chi connectivity index (χ2v) is 28.8. The molecule has 0 radical (unpaired) electrons. The van der Waals surface area contributed by atoms with Crippen molar-refractivity contribution in [1.82, 2.24) is 0 Å². The molecule has 0 bridgehead atoms. The Bertz CT molecular complexity index is 1720. The summed E-state index contributed by atoms with van der Waals surface area (Å²) in [6, 6.07) is 0. The molecule has 0 aliphatic rings. The summed E-state index contributed by atoms with van der Waals surface area (Å²) in [5.41, 5.74) is 0. The summed E-state index contributed by atoms with van der Waals surface area (Å²) in [6.07, 6.45) is 37.9. The molecule has 0 aromatic rings. The predicted molar refractivity (Wildman–Crippen MR) is 344 cm³/mol. The zero-order chi connectivity index (χ0) is 63.9. The lowest BCUT2D eigenvalue weighted by Gasteiger charge is -2.21. The molecule has 3 N–H and O–H groups in total. The number of hydrogen-bond donors (Lipinski definition) is 3. The number of esters is 4. The van der Waals surface area contributed by atoms with Gasteiger partial charge in [-0.25, -0.2) is 9.13 Å². The van der Waals surface area contributed by atoms with E-state index in [0.717, 1.165) is 115 Å². The van der Waals surface area contributed by atoms with E-state index in [4.69, 9.17) is 37.0 Å². The minimum atomic E-state index is -4.95. The zero-order valence-corrected chi connectivity index (χ0v) is 57.7. The van der Waals surface area contributed by atoms with E-state index < -0.39 is 97.5 Å². The van der Waals surface area contributed by atoms with Gasteiger partial charge in [0.25, 0.3) is 0 Å². The first-order chi connectivity index (χ1) is 41.1. The van der Waals surface area contributed by atoms with Crippen molar-refractivity contribution in [2.24, 2.45) is 23.7 Å². The highest BCUT2D eigenvalue weighted by molar-refractivity contribution is 7.47. The van der Waals surface area contributed by atoms with Gasteiger partial charge in [-0.2, -0.15) is 0 Å². The van der Waals surface area contributed by atoms with Gasteiger partial charge in [0.15, 0.2) is 12.2 Å². The molecule has 510 valence electrons. The van der Waals surface area contributed by atoms with Gasteiger partial charge in [0.1, 0.15) is 19.3 Å². The molecule has 0 aromatic carbocycles. The standard InChI is InChI=1S/C67H130O17P2/c1-9-60(8)46-38-30-24-26-34-42-50-67(72)84-63(53-77-64(69)47-39-31-22-18-20-28-36-44-58(4)5)56-82-86(75,76)80-52-61(68)51-79-85(73,74)81-55-62(54-78-65(70)48-40-32-25-23-29-37-45-59(6)7)83-66(71)49-41-33-21-17-15-13-11-10-12-14-16-19-27-35-43-57(2)3/h57-63,68H,9-56H2,1-8H3,(H,73,74)(H,75,76)/t60?,61?,62-,63-/m1/s1. The molecule has 17 nitrogen and oxygen atoms in total. The molecular weight excluding hydrogens is 1140 g/mol. The fourth-order valence-electron chi connectivity index (χ4n) is 9.93. The predicted octanol–water partition coefficient (Wildman–Crippen LogP) is 18.5. The van der Waals surface area contributed by atoms with Crippen molar-refractivity contribution < 1.29 is 80.2 Å². The van der Waals surface area contributed by atoms with Crippen LogP contribution in [0.4, 0.5) is 0 Å². The Morgan fingerprint density at radius 1 is 0.326 bits per heavy atom. The number of aliphatic hydroxyl groups excluding tert-OH is 1. The van der Waals surface area contributed by atoms with Crippen LogP contribution in [0, 0.1) is 23.7 Å². The Hall–Kier alpha value is -1.94. The normalized spacial score (nSPS) is 14.7. The SMILES string of the molecule is CCC(C)CCCCCCCCC(=O)O[C@H](COC(=O)CCCCCCCCCC(C)C)COP(=O)(O)OCC(O)COP(=O)(O)OC[C@@H](COC(=O)CCCCCCCCC(C)C)OC(=O)CCCCCCCCCCCCCCCCC(C)C. The molecule has 0 aromatic heterocycles. The number of carbonyl (C=O) groups excluding carboxylic acids is 4. The first-order valence-corrected chi connectivity index (χ1v) is 37.7. The van der Waals surface area contributed by atoms with Crippen molar-refractivity contribution >= 4 is 39.5 Å². The number of phosphoric ester groups is 2. The first kappa shape index (κ1) is 84.1. The molecule has 0 spiro atoms. The van der Waals surface area contributed by atoms with Gasteiger partial charge in [0.05, 0.1) is 26.4 Å². The maximum Gasteiger partial charge on any atom is 0.472 e. The van der Waals surface area contributed by atoms with E-state index in [2.05, 4.69) is 55.4 Å². The van der Waals surface area contributed by atoms with Crippen molar-refractivity contribution in [1.29, 1.82) is 0 Å². The van der Waals surface area contributed by atoms with Crippen LogP contribution in [-0.2, 0) is 65.4 Å². The molecule has 86 heavy (non-hydrogen) atoms. The Kier molecular flexibility index (Phi) is 55.7. The lowest BCUT2D eigenvalue weighted by atomic mass is 10.00. The Labute approximate surface area is 524 Å². The van der Waals surface area contributed by atoms with Gasteiger partial charge in [-0.15, -0.1) is 0 Å². The van der Waals surface area contributed by atoms with Crippen LogP contribution in [0.5, 0.6) is 0 Å². The summed E-state index contributed by atoms with van der Waals surface area (Å²) < 4.78 is 68.1. The van der Waals surface area contributed by atoms with Gasteiger partial charge in [-0.1, -0.05) is 274 Å². The van der Waals surface area contributed by atoms with Crippen LogP contribution < -0.4 is 0 Å². The quantitative estimate of drug-likeness (QED) is 0.0222. The molecule has 19 heteroatoms. The number of aliphatic hydroxyl groups is 1. The van der Waals surface area contributed by atoms with Crippen LogP contribution >= 0.6 is 15.6 Å². The average Bonchev–Trinajstić information content (AvgIpc) is 3.68. The molecule has 0 saturated carbocycles. The Morgan fingerprint density at radius 2 is 0.558 bits per heavy atom. The number of unbranched alkanes of at least 4 members (excludes halogenated alkanes) is 29. The number of ether oxygens (including phenoxy) is 4. The molecular formula is C67H130O17P2. The van der Waals surface area contributed by atoms with Crippen molar-refractivity contribution in [2.45, 2.75) is 343 Å². The molecule has 4 unspecified atom stereocenters. The highest BCUT2D eigenvalue weighted by Crippen LogP contribution is 2.45. The summed E-state index contributed by atoms with van der Waals surface area (Å²) in [7, 11) is -9.89. The molecule has 0 rings (SSSR count). The number of carbonyl (C=O) groups is 4. The van der Waals surface area contributed by atoms with E-state index in [9.17, 15) is 43.2 Å². The topological polar surface area (TPSA) is 237 Å². The molecule has 0 heterocycles. The van der Waals surface area contributed by atoms with Gasteiger partial charge in [0.2, 0.25) is 0 Å². The summed E-state index contributed by atoms with van der Waals surface area (Å²) in [6.45, 7) is 14.0. The molecule has 0 saturated heterocycles. The summed E-state index contributed by atoms with van der Waals surface area (Å²) in [5, 5.41) is 10.6. The minimum absolute atomic E-state index is 0.102. The van der Waals surface area contributed by atoms with Gasteiger partial charge >= 0.3 is 39.5 Å². The summed E-state index contributed by atoms with van der Waals surface area (Å²) >= 11 is 0. The largest absolute Gasteiger partial charge is 0.472 e. The summed E-state index contributed by atoms with van der Waals surface area (Å²) in [4.78, 5) is 72.3.